The van der Waals surface area contributed by atoms with E-state index in [1.165, 1.54) is 6.34 Å². The molecule has 0 spiro atoms. The first kappa shape index (κ1) is 10.8. The molecule has 1 aromatic heterocycles. The van der Waals surface area contributed by atoms with Crippen LogP contribution in [0.3, 0.4) is 0 Å². The van der Waals surface area contributed by atoms with Crippen molar-refractivity contribution in [1.82, 2.24) is 9.97 Å². The third-order valence-corrected chi connectivity index (χ3v) is 2.19. The van der Waals surface area contributed by atoms with E-state index in [0.29, 0.717) is 11.1 Å². The summed E-state index contributed by atoms with van der Waals surface area (Å²) in [6.45, 7) is 4.16. The summed E-state index contributed by atoms with van der Waals surface area (Å²) < 4.78 is 0. The summed E-state index contributed by atoms with van der Waals surface area (Å²) in [6.07, 6.45) is 1.19. The number of anilines is 1. The van der Waals surface area contributed by atoms with Crippen molar-refractivity contribution >= 4 is 29.9 Å². The standard InChI is InChI=1S/C8H13N5S/c1-5(2)14-7-3-6(11-4-9)12-8(10)13-7/h3-5H,1-2H3,(H4,9,10,11,12,13). The maximum absolute atomic E-state index is 5.52. The van der Waals surface area contributed by atoms with Gasteiger partial charge in [-0.15, -0.1) is 11.8 Å². The molecule has 1 rings (SSSR count). The third kappa shape index (κ3) is 3.21. The number of thioether (sulfide) groups is 1. The van der Waals surface area contributed by atoms with Crippen LogP contribution in [0.2, 0.25) is 0 Å². The highest BCUT2D eigenvalue weighted by Gasteiger charge is 2.03. The lowest BCUT2D eigenvalue weighted by atomic mass is 10.6. The molecule has 0 amide bonds. The molecule has 1 aromatic rings. The van der Waals surface area contributed by atoms with Gasteiger partial charge in [0, 0.05) is 11.3 Å². The number of rotatable bonds is 3. The lowest BCUT2D eigenvalue weighted by Gasteiger charge is -2.04. The van der Waals surface area contributed by atoms with Crippen molar-refractivity contribution < 1.29 is 0 Å². The number of nitrogens with zero attached hydrogens (tertiary/aromatic N) is 3. The molecule has 0 aliphatic carbocycles. The summed E-state index contributed by atoms with van der Waals surface area (Å²) in [5, 5.41) is 1.26. The number of aliphatic imine (C=N–C) groups is 1. The number of aromatic nitrogens is 2. The van der Waals surface area contributed by atoms with Gasteiger partial charge in [0.25, 0.3) is 0 Å². The summed E-state index contributed by atoms with van der Waals surface area (Å²) >= 11 is 1.61. The van der Waals surface area contributed by atoms with E-state index in [-0.39, 0.29) is 5.95 Å². The van der Waals surface area contributed by atoms with Crippen LogP contribution in [0.5, 0.6) is 0 Å². The van der Waals surface area contributed by atoms with Crippen LogP contribution in [0.4, 0.5) is 11.8 Å². The number of nitrogen functional groups attached to an aromatic ring is 1. The highest BCUT2D eigenvalue weighted by molar-refractivity contribution is 7.99. The van der Waals surface area contributed by atoms with Gasteiger partial charge in [0.1, 0.15) is 5.03 Å². The van der Waals surface area contributed by atoms with Crippen LogP contribution in [0, 0.1) is 0 Å². The molecule has 6 heteroatoms. The van der Waals surface area contributed by atoms with E-state index in [1.54, 1.807) is 17.8 Å². The number of hydrogen-bond donors (Lipinski definition) is 2. The second-order valence-corrected chi connectivity index (χ2v) is 4.46. The van der Waals surface area contributed by atoms with E-state index in [0.717, 1.165) is 5.03 Å². The van der Waals surface area contributed by atoms with Crippen LogP contribution >= 0.6 is 11.8 Å². The highest BCUT2D eigenvalue weighted by Crippen LogP contribution is 2.24. The van der Waals surface area contributed by atoms with Crippen LogP contribution in [-0.2, 0) is 0 Å². The molecule has 1 heterocycles. The monoisotopic (exact) mass is 211 g/mol. The van der Waals surface area contributed by atoms with Crippen molar-refractivity contribution in [2.75, 3.05) is 5.73 Å². The molecule has 0 unspecified atom stereocenters. The summed E-state index contributed by atoms with van der Waals surface area (Å²) in [4.78, 5) is 11.8. The Morgan fingerprint density at radius 3 is 2.79 bits per heavy atom. The van der Waals surface area contributed by atoms with E-state index < -0.39 is 0 Å². The van der Waals surface area contributed by atoms with Gasteiger partial charge in [-0.3, -0.25) is 0 Å². The highest BCUT2D eigenvalue weighted by atomic mass is 32.2. The lowest BCUT2D eigenvalue weighted by Crippen LogP contribution is -1.98. The minimum atomic E-state index is 0.219. The van der Waals surface area contributed by atoms with Gasteiger partial charge in [-0.05, 0) is 0 Å². The zero-order valence-corrected chi connectivity index (χ0v) is 8.95. The molecule has 14 heavy (non-hydrogen) atoms. The average Bonchev–Trinajstić information content (AvgIpc) is 2.01. The van der Waals surface area contributed by atoms with Crippen LogP contribution < -0.4 is 11.5 Å². The van der Waals surface area contributed by atoms with Crippen molar-refractivity contribution in [3.8, 4) is 0 Å². The molecule has 0 aliphatic rings. The molecule has 0 saturated carbocycles. The fraction of sp³-hybridized carbons (Fsp3) is 0.375. The smallest absolute Gasteiger partial charge is 0.223 e. The molecule has 4 N–H and O–H groups in total. The van der Waals surface area contributed by atoms with Gasteiger partial charge >= 0.3 is 0 Å². The van der Waals surface area contributed by atoms with E-state index in [1.807, 2.05) is 0 Å². The van der Waals surface area contributed by atoms with Crippen molar-refractivity contribution in [3.63, 3.8) is 0 Å². The van der Waals surface area contributed by atoms with Crippen LogP contribution in [0.1, 0.15) is 13.8 Å². The predicted molar refractivity (Wildman–Crippen MR) is 59.8 cm³/mol. The van der Waals surface area contributed by atoms with Gasteiger partial charge in [0.2, 0.25) is 5.95 Å². The maximum atomic E-state index is 5.52. The molecule has 0 bridgehead atoms. The normalized spacial score (nSPS) is 11.4. The Kier molecular flexibility index (Phi) is 3.70. The Morgan fingerprint density at radius 2 is 2.21 bits per heavy atom. The second kappa shape index (κ2) is 4.80. The van der Waals surface area contributed by atoms with Gasteiger partial charge in [-0.25, -0.2) is 9.98 Å². The molecule has 0 radical (unpaired) electrons. The molecule has 0 aromatic carbocycles. The Hall–Kier alpha value is -1.30. The zero-order valence-electron chi connectivity index (χ0n) is 8.14. The van der Waals surface area contributed by atoms with Gasteiger partial charge in [0.15, 0.2) is 5.82 Å². The number of nitrogens with two attached hydrogens (primary N) is 2. The predicted octanol–water partition coefficient (Wildman–Crippen LogP) is 1.18. The van der Waals surface area contributed by atoms with E-state index in [4.69, 9.17) is 11.5 Å². The SMILES string of the molecule is CC(C)Sc1cc(/N=C\N)nc(N)n1. The molecule has 0 aliphatic heterocycles. The largest absolute Gasteiger partial charge is 0.390 e. The van der Waals surface area contributed by atoms with Crippen LogP contribution in [-0.4, -0.2) is 21.6 Å². The molecular weight excluding hydrogens is 198 g/mol. The fourth-order valence-corrected chi connectivity index (χ4v) is 1.68. The first-order valence-corrected chi connectivity index (χ1v) is 5.05. The first-order chi connectivity index (χ1) is 6.61. The Balaban J connectivity index is 2.94. The summed E-state index contributed by atoms with van der Waals surface area (Å²) in [6, 6.07) is 1.75. The average molecular weight is 211 g/mol. The second-order valence-electron chi connectivity index (χ2n) is 2.87. The summed E-state index contributed by atoms with van der Waals surface area (Å²) in [5.74, 6) is 0.708. The molecule has 5 nitrogen and oxygen atoms in total. The fourth-order valence-electron chi connectivity index (χ4n) is 0.875. The Bertz CT molecular complexity index is 337. The van der Waals surface area contributed by atoms with Gasteiger partial charge < -0.3 is 11.5 Å². The minimum absolute atomic E-state index is 0.219. The Morgan fingerprint density at radius 1 is 1.50 bits per heavy atom. The number of hydrogen-bond acceptors (Lipinski definition) is 5. The molecular formula is C8H13N5S. The molecule has 0 atom stereocenters. The molecule has 0 saturated heterocycles. The van der Waals surface area contributed by atoms with Crippen molar-refractivity contribution in [1.29, 1.82) is 0 Å². The van der Waals surface area contributed by atoms with Crippen molar-refractivity contribution in [3.05, 3.63) is 6.07 Å². The van der Waals surface area contributed by atoms with Gasteiger partial charge in [0.05, 0.1) is 6.34 Å². The summed E-state index contributed by atoms with van der Waals surface area (Å²) in [5.41, 5.74) is 10.7. The van der Waals surface area contributed by atoms with Crippen molar-refractivity contribution in [2.45, 2.75) is 24.1 Å². The Labute approximate surface area is 87.0 Å². The summed E-state index contributed by atoms with van der Waals surface area (Å²) in [7, 11) is 0. The molecule has 76 valence electrons. The van der Waals surface area contributed by atoms with Gasteiger partial charge in [-0.1, -0.05) is 13.8 Å². The van der Waals surface area contributed by atoms with Crippen LogP contribution in [0.25, 0.3) is 0 Å². The van der Waals surface area contributed by atoms with E-state index >= 15 is 0 Å². The lowest BCUT2D eigenvalue weighted by molar-refractivity contribution is 1.04. The van der Waals surface area contributed by atoms with E-state index in [2.05, 4.69) is 28.8 Å². The first-order valence-electron chi connectivity index (χ1n) is 4.17. The van der Waals surface area contributed by atoms with Crippen LogP contribution in [0.15, 0.2) is 16.1 Å². The third-order valence-electron chi connectivity index (χ3n) is 1.27. The molecule has 0 fully saturated rings. The van der Waals surface area contributed by atoms with E-state index in [9.17, 15) is 0 Å². The topological polar surface area (TPSA) is 90.2 Å². The maximum Gasteiger partial charge on any atom is 0.223 e. The minimum Gasteiger partial charge on any atom is -0.390 e. The quantitative estimate of drug-likeness (QED) is 0.339. The van der Waals surface area contributed by atoms with Gasteiger partial charge in [-0.2, -0.15) is 4.98 Å². The zero-order chi connectivity index (χ0) is 10.6. The van der Waals surface area contributed by atoms with Crippen molar-refractivity contribution in [2.24, 2.45) is 10.7 Å².